The van der Waals surface area contributed by atoms with Crippen LogP contribution in [0.5, 0.6) is 11.5 Å². The molecule has 0 aliphatic carbocycles. The molecule has 0 N–H and O–H groups in total. The first-order valence-electron chi connectivity index (χ1n) is 18.6. The monoisotopic (exact) mass is 689 g/mol. The molecular formula is C46H40BN5O. The lowest BCUT2D eigenvalue weighted by atomic mass is 9.58. The van der Waals surface area contributed by atoms with Crippen LogP contribution in [0.3, 0.4) is 0 Å². The second-order valence-electron chi connectivity index (χ2n) is 14.7. The van der Waals surface area contributed by atoms with E-state index < -0.39 is 0 Å². The van der Waals surface area contributed by atoms with E-state index >= 15 is 0 Å². The third-order valence-corrected chi connectivity index (χ3v) is 11.2. The first-order valence-corrected chi connectivity index (χ1v) is 18.6. The average Bonchev–Trinajstić information content (AvgIpc) is 3.82. The smallest absolute Gasteiger partial charge is 0.417 e. The number of para-hydroxylation sites is 3. The van der Waals surface area contributed by atoms with Crippen LogP contribution in [0.25, 0.3) is 22.6 Å². The SMILES string of the molecule is CC(C)c1cccc2c1B1N(C)c3ccc(Oc4cccc(N5CN(c6ccccc6)c6ccccc65)c4)cc3-c3ncc(n31)-c1ccccc1CC2. The number of anilines is 5. The molecule has 3 aliphatic heterocycles. The predicted octanol–water partition coefficient (Wildman–Crippen LogP) is 10.2. The topological polar surface area (TPSA) is 36.8 Å². The molecule has 3 aliphatic rings. The van der Waals surface area contributed by atoms with Gasteiger partial charge in [-0.1, -0.05) is 92.7 Å². The molecule has 1 aromatic heterocycles. The number of imidazole rings is 1. The summed E-state index contributed by atoms with van der Waals surface area (Å²) < 4.78 is 9.18. The normalized spacial score (nSPS) is 14.1. The standard InChI is InChI=1S/C46H40BN5O/c1-31(2)38-20-11-14-33-24-23-32-13-7-8-19-39(32)44-29-48-46-40-28-37(25-26-41(40)49(3)47(45(33)38)52(44)46)53-36-18-12-17-35(27-36)51-30-50(34-15-5-4-6-16-34)42-21-9-10-22-43(42)51/h4-22,25-29,31H,23-24,30H2,1-3H3. The van der Waals surface area contributed by atoms with Gasteiger partial charge < -0.3 is 23.8 Å². The molecule has 0 saturated heterocycles. The van der Waals surface area contributed by atoms with Crippen molar-refractivity contribution in [3.05, 3.63) is 162 Å². The van der Waals surface area contributed by atoms with Gasteiger partial charge in [-0.2, -0.15) is 0 Å². The Hall–Kier alpha value is -6.21. The van der Waals surface area contributed by atoms with E-state index in [9.17, 15) is 0 Å². The molecule has 53 heavy (non-hydrogen) atoms. The van der Waals surface area contributed by atoms with E-state index in [1.165, 1.54) is 44.8 Å². The van der Waals surface area contributed by atoms with Crippen molar-refractivity contribution in [3.63, 3.8) is 0 Å². The van der Waals surface area contributed by atoms with Crippen molar-refractivity contribution in [1.29, 1.82) is 0 Å². The van der Waals surface area contributed by atoms with Crippen molar-refractivity contribution in [2.45, 2.75) is 32.6 Å². The van der Waals surface area contributed by atoms with Gasteiger partial charge in [-0.25, -0.2) is 4.98 Å². The lowest BCUT2D eigenvalue weighted by Gasteiger charge is -2.38. The van der Waals surface area contributed by atoms with Crippen molar-refractivity contribution in [2.75, 3.05) is 28.3 Å². The van der Waals surface area contributed by atoms with Gasteiger partial charge in [-0.3, -0.25) is 0 Å². The Labute approximate surface area is 311 Å². The minimum Gasteiger partial charge on any atom is -0.457 e. The van der Waals surface area contributed by atoms with E-state index in [0.29, 0.717) is 5.92 Å². The third kappa shape index (κ3) is 5.13. The van der Waals surface area contributed by atoms with E-state index in [0.717, 1.165) is 59.5 Å². The summed E-state index contributed by atoms with van der Waals surface area (Å²) in [6, 6.07) is 49.8. The lowest BCUT2D eigenvalue weighted by molar-refractivity contribution is 0.483. The number of benzene rings is 6. The fourth-order valence-electron chi connectivity index (χ4n) is 8.74. The van der Waals surface area contributed by atoms with Gasteiger partial charge in [-0.05, 0) is 103 Å². The highest BCUT2D eigenvalue weighted by molar-refractivity contribution is 6.77. The maximum atomic E-state index is 6.70. The molecule has 0 radical (unpaired) electrons. The quantitative estimate of drug-likeness (QED) is 0.168. The van der Waals surface area contributed by atoms with Crippen LogP contribution in [0, 0.1) is 0 Å². The molecule has 6 nitrogen and oxygen atoms in total. The van der Waals surface area contributed by atoms with E-state index in [4.69, 9.17) is 9.72 Å². The highest BCUT2D eigenvalue weighted by atomic mass is 16.5. The summed E-state index contributed by atoms with van der Waals surface area (Å²) in [5, 5.41) is 0. The summed E-state index contributed by atoms with van der Waals surface area (Å²) in [5.41, 5.74) is 14.8. The molecule has 0 atom stereocenters. The first kappa shape index (κ1) is 31.5. The van der Waals surface area contributed by atoms with Crippen molar-refractivity contribution in [1.82, 2.24) is 9.46 Å². The van der Waals surface area contributed by atoms with Crippen molar-refractivity contribution < 1.29 is 4.74 Å². The zero-order valence-corrected chi connectivity index (χ0v) is 30.3. The van der Waals surface area contributed by atoms with Crippen LogP contribution in [0.15, 0.2) is 146 Å². The maximum absolute atomic E-state index is 6.70. The summed E-state index contributed by atoms with van der Waals surface area (Å²) in [5.74, 6) is 2.93. The van der Waals surface area contributed by atoms with E-state index in [1.54, 1.807) is 0 Å². The van der Waals surface area contributed by atoms with E-state index in [2.05, 4.69) is 180 Å². The average molecular weight is 690 g/mol. The molecule has 0 unspecified atom stereocenters. The van der Waals surface area contributed by atoms with Crippen molar-refractivity contribution >= 4 is 40.9 Å². The zero-order chi connectivity index (χ0) is 35.6. The Balaban J connectivity index is 1.04. The van der Waals surface area contributed by atoms with Gasteiger partial charge >= 0.3 is 6.98 Å². The van der Waals surface area contributed by atoms with Gasteiger partial charge in [0.2, 0.25) is 0 Å². The zero-order valence-electron chi connectivity index (χ0n) is 30.3. The Kier molecular flexibility index (Phi) is 7.43. The second kappa shape index (κ2) is 12.5. The van der Waals surface area contributed by atoms with Gasteiger partial charge in [0.25, 0.3) is 0 Å². The molecule has 0 saturated carbocycles. The minimum absolute atomic E-state index is 0.0306. The van der Waals surface area contributed by atoms with Crippen LogP contribution in [-0.2, 0) is 12.8 Å². The Morgan fingerprint density at radius 1 is 0.623 bits per heavy atom. The molecule has 0 fully saturated rings. The number of aromatic nitrogens is 2. The van der Waals surface area contributed by atoms with Gasteiger partial charge in [0, 0.05) is 34.3 Å². The number of aryl methyl sites for hydroxylation is 2. The fourth-order valence-corrected chi connectivity index (χ4v) is 8.74. The molecule has 0 spiro atoms. The molecule has 10 rings (SSSR count). The Bertz CT molecular complexity index is 2510. The van der Waals surface area contributed by atoms with E-state index in [-0.39, 0.29) is 6.98 Å². The number of ether oxygens (including phenoxy) is 1. The molecule has 7 heteroatoms. The molecule has 258 valence electrons. The molecule has 0 amide bonds. The highest BCUT2D eigenvalue weighted by Gasteiger charge is 2.41. The largest absolute Gasteiger partial charge is 0.457 e. The lowest BCUT2D eigenvalue weighted by Crippen LogP contribution is -2.57. The molecule has 0 bridgehead atoms. The van der Waals surface area contributed by atoms with Gasteiger partial charge in [0.15, 0.2) is 0 Å². The van der Waals surface area contributed by atoms with Crippen molar-refractivity contribution in [3.8, 4) is 34.1 Å². The summed E-state index contributed by atoms with van der Waals surface area (Å²) in [4.78, 5) is 12.3. The van der Waals surface area contributed by atoms with Crippen LogP contribution < -0.4 is 24.8 Å². The summed E-state index contributed by atoms with van der Waals surface area (Å²) in [7, 11) is 2.23. The van der Waals surface area contributed by atoms with Crippen LogP contribution in [0.2, 0.25) is 0 Å². The second-order valence-corrected chi connectivity index (χ2v) is 14.7. The molecule has 6 aromatic carbocycles. The number of fused-ring (bicyclic) bond motifs is 7. The fraction of sp³-hybridized carbons (Fsp3) is 0.152. The summed E-state index contributed by atoms with van der Waals surface area (Å²) >= 11 is 0. The summed E-state index contributed by atoms with van der Waals surface area (Å²) in [6.07, 6.45) is 4.06. The number of hydrogen-bond acceptors (Lipinski definition) is 5. The van der Waals surface area contributed by atoms with Crippen LogP contribution in [0.1, 0.15) is 36.5 Å². The number of rotatable bonds is 5. The summed E-state index contributed by atoms with van der Waals surface area (Å²) in [6.45, 7) is 5.31. The van der Waals surface area contributed by atoms with Crippen LogP contribution in [0.4, 0.5) is 28.4 Å². The van der Waals surface area contributed by atoms with Crippen molar-refractivity contribution in [2.24, 2.45) is 0 Å². The van der Waals surface area contributed by atoms with Gasteiger partial charge in [-0.15, -0.1) is 0 Å². The number of nitrogens with zero attached hydrogens (tertiary/aromatic N) is 5. The third-order valence-electron chi connectivity index (χ3n) is 11.2. The molecule has 7 aromatic rings. The van der Waals surface area contributed by atoms with Gasteiger partial charge in [0.1, 0.15) is 24.0 Å². The van der Waals surface area contributed by atoms with Crippen LogP contribution >= 0.6 is 0 Å². The first-order chi connectivity index (χ1) is 26.0. The minimum atomic E-state index is -0.0306. The predicted molar refractivity (Wildman–Crippen MR) is 219 cm³/mol. The Morgan fingerprint density at radius 2 is 1.30 bits per heavy atom. The number of hydrogen-bond donors (Lipinski definition) is 0. The molecular weight excluding hydrogens is 649 g/mol. The Morgan fingerprint density at radius 3 is 2.13 bits per heavy atom. The highest BCUT2D eigenvalue weighted by Crippen LogP contribution is 2.46. The van der Waals surface area contributed by atoms with E-state index in [1.807, 2.05) is 6.07 Å². The molecule has 4 heterocycles. The van der Waals surface area contributed by atoms with Gasteiger partial charge in [0.05, 0.1) is 23.3 Å². The van der Waals surface area contributed by atoms with Crippen LogP contribution in [-0.4, -0.2) is 30.2 Å². The maximum Gasteiger partial charge on any atom is 0.417 e.